The van der Waals surface area contributed by atoms with Crippen LogP contribution in [0.1, 0.15) is 16.1 Å². The maximum Gasteiger partial charge on any atom is 0.272 e. The zero-order valence-electron chi connectivity index (χ0n) is 16.3. The molecule has 1 saturated heterocycles. The number of carbonyl (C=O) groups excluding carboxylic acids is 1. The molecule has 4 rings (SSSR count). The van der Waals surface area contributed by atoms with E-state index < -0.39 is 0 Å². The van der Waals surface area contributed by atoms with E-state index in [1.165, 1.54) is 5.56 Å². The molecule has 0 unspecified atom stereocenters. The number of nitrogens with one attached hydrogen (secondary N) is 2. The molecule has 2 heterocycles. The molecular formula is C22H25N5O2. The summed E-state index contributed by atoms with van der Waals surface area (Å²) in [7, 11) is 0. The van der Waals surface area contributed by atoms with E-state index in [4.69, 9.17) is 0 Å². The van der Waals surface area contributed by atoms with Crippen LogP contribution in [-0.2, 0) is 6.54 Å². The van der Waals surface area contributed by atoms with Gasteiger partial charge >= 0.3 is 0 Å². The van der Waals surface area contributed by atoms with E-state index >= 15 is 0 Å². The molecule has 1 amide bonds. The van der Waals surface area contributed by atoms with Crippen LogP contribution in [0.25, 0.3) is 10.8 Å². The van der Waals surface area contributed by atoms with E-state index in [0.29, 0.717) is 17.3 Å². The number of H-pyrrole nitrogens is 1. The predicted octanol–water partition coefficient (Wildman–Crippen LogP) is 1.47. The summed E-state index contributed by atoms with van der Waals surface area (Å²) in [5, 5.41) is 10.3. The van der Waals surface area contributed by atoms with Crippen molar-refractivity contribution in [1.29, 1.82) is 0 Å². The van der Waals surface area contributed by atoms with Crippen molar-refractivity contribution in [3.05, 3.63) is 76.2 Å². The maximum absolute atomic E-state index is 12.5. The lowest BCUT2D eigenvalue weighted by Crippen LogP contribution is -2.48. The van der Waals surface area contributed by atoms with Crippen LogP contribution in [-0.4, -0.2) is 65.2 Å². The van der Waals surface area contributed by atoms with Crippen molar-refractivity contribution in [2.75, 3.05) is 39.3 Å². The molecule has 2 N–H and O–H groups in total. The van der Waals surface area contributed by atoms with Gasteiger partial charge in [-0.15, -0.1) is 0 Å². The van der Waals surface area contributed by atoms with Crippen molar-refractivity contribution in [2.24, 2.45) is 0 Å². The third-order valence-electron chi connectivity index (χ3n) is 5.34. The Morgan fingerprint density at radius 1 is 0.931 bits per heavy atom. The Bertz CT molecular complexity index is 1030. The summed E-state index contributed by atoms with van der Waals surface area (Å²) in [6.07, 6.45) is 0. The highest BCUT2D eigenvalue weighted by Gasteiger charge is 2.18. The van der Waals surface area contributed by atoms with E-state index in [-0.39, 0.29) is 17.2 Å². The van der Waals surface area contributed by atoms with Gasteiger partial charge in [-0.05, 0) is 11.6 Å². The van der Waals surface area contributed by atoms with Gasteiger partial charge in [0.1, 0.15) is 0 Å². The molecule has 1 aliphatic rings. The van der Waals surface area contributed by atoms with Crippen molar-refractivity contribution in [2.45, 2.75) is 6.54 Å². The first kappa shape index (κ1) is 19.3. The lowest BCUT2D eigenvalue weighted by Gasteiger charge is -2.34. The average molecular weight is 391 g/mol. The van der Waals surface area contributed by atoms with E-state index in [1.54, 1.807) is 24.3 Å². The minimum atomic E-state index is -0.287. The SMILES string of the molecule is O=C(NCCN1CCN(Cc2ccccc2)CC1)c1n[nH]c(=O)c2ccccc12. The minimum absolute atomic E-state index is 0.257. The number of hydrogen-bond donors (Lipinski definition) is 2. The van der Waals surface area contributed by atoms with Gasteiger partial charge in [0.15, 0.2) is 5.69 Å². The molecule has 29 heavy (non-hydrogen) atoms. The fraction of sp³-hybridized carbons (Fsp3) is 0.318. The number of nitrogens with zero attached hydrogens (tertiary/aromatic N) is 3. The monoisotopic (exact) mass is 391 g/mol. The molecule has 0 bridgehead atoms. The third-order valence-corrected chi connectivity index (χ3v) is 5.34. The summed E-state index contributed by atoms with van der Waals surface area (Å²) in [5.74, 6) is -0.264. The van der Waals surface area contributed by atoms with Gasteiger partial charge in [-0.1, -0.05) is 48.5 Å². The van der Waals surface area contributed by atoms with E-state index in [9.17, 15) is 9.59 Å². The van der Waals surface area contributed by atoms with Gasteiger partial charge in [0.05, 0.1) is 5.39 Å². The minimum Gasteiger partial charge on any atom is -0.349 e. The summed E-state index contributed by atoms with van der Waals surface area (Å²) in [6.45, 7) is 6.35. The Morgan fingerprint density at radius 2 is 1.59 bits per heavy atom. The molecule has 0 saturated carbocycles. The number of rotatable bonds is 6. The molecule has 0 aliphatic carbocycles. The molecule has 1 aromatic heterocycles. The highest BCUT2D eigenvalue weighted by molar-refractivity contribution is 6.04. The maximum atomic E-state index is 12.5. The number of hydrogen-bond acceptors (Lipinski definition) is 5. The van der Waals surface area contributed by atoms with Gasteiger partial charge < -0.3 is 5.32 Å². The molecule has 2 aromatic carbocycles. The van der Waals surface area contributed by atoms with Crippen LogP contribution in [0.15, 0.2) is 59.4 Å². The molecule has 7 heteroatoms. The number of amides is 1. The Kier molecular flexibility index (Phi) is 5.97. The molecule has 1 aliphatic heterocycles. The van der Waals surface area contributed by atoms with E-state index in [0.717, 1.165) is 39.3 Å². The summed E-state index contributed by atoms with van der Waals surface area (Å²) in [6, 6.07) is 17.5. The number of aromatic amines is 1. The first-order chi connectivity index (χ1) is 14.2. The number of piperazine rings is 1. The van der Waals surface area contributed by atoms with Crippen molar-refractivity contribution >= 4 is 16.7 Å². The molecule has 0 atom stereocenters. The number of benzene rings is 2. The molecule has 0 spiro atoms. The van der Waals surface area contributed by atoms with Crippen LogP contribution < -0.4 is 10.9 Å². The van der Waals surface area contributed by atoms with E-state index in [1.807, 2.05) is 6.07 Å². The lowest BCUT2D eigenvalue weighted by molar-refractivity contribution is 0.0930. The average Bonchev–Trinajstić information content (AvgIpc) is 2.76. The first-order valence-corrected chi connectivity index (χ1v) is 9.95. The molecule has 3 aromatic rings. The summed E-state index contributed by atoms with van der Waals surface area (Å²) >= 11 is 0. The zero-order valence-corrected chi connectivity index (χ0v) is 16.3. The second-order valence-corrected chi connectivity index (χ2v) is 7.31. The number of aromatic nitrogens is 2. The van der Waals surface area contributed by atoms with Crippen molar-refractivity contribution in [1.82, 2.24) is 25.3 Å². The van der Waals surface area contributed by atoms with Gasteiger partial charge in [-0.3, -0.25) is 19.4 Å². The van der Waals surface area contributed by atoms with Gasteiger partial charge in [-0.2, -0.15) is 5.10 Å². The van der Waals surface area contributed by atoms with Gasteiger partial charge in [0.2, 0.25) is 0 Å². The number of fused-ring (bicyclic) bond motifs is 1. The molecule has 7 nitrogen and oxygen atoms in total. The van der Waals surface area contributed by atoms with Gasteiger partial charge in [0, 0.05) is 51.2 Å². The number of carbonyl (C=O) groups is 1. The molecule has 1 fully saturated rings. The van der Waals surface area contributed by atoms with Crippen LogP contribution in [0.5, 0.6) is 0 Å². The molecular weight excluding hydrogens is 366 g/mol. The Balaban J connectivity index is 1.26. The summed E-state index contributed by atoms with van der Waals surface area (Å²) in [5.41, 5.74) is 1.31. The second-order valence-electron chi connectivity index (χ2n) is 7.31. The van der Waals surface area contributed by atoms with Crippen LogP contribution in [0, 0.1) is 0 Å². The van der Waals surface area contributed by atoms with E-state index in [2.05, 4.69) is 49.6 Å². The van der Waals surface area contributed by atoms with Crippen LogP contribution >= 0.6 is 0 Å². The topological polar surface area (TPSA) is 81.3 Å². The van der Waals surface area contributed by atoms with Crippen LogP contribution in [0.3, 0.4) is 0 Å². The van der Waals surface area contributed by atoms with Crippen LogP contribution in [0.4, 0.5) is 0 Å². The summed E-state index contributed by atoms with van der Waals surface area (Å²) < 4.78 is 0. The molecule has 150 valence electrons. The third kappa shape index (κ3) is 4.70. The highest BCUT2D eigenvalue weighted by Crippen LogP contribution is 2.12. The smallest absolute Gasteiger partial charge is 0.272 e. The largest absolute Gasteiger partial charge is 0.349 e. The highest BCUT2D eigenvalue weighted by atomic mass is 16.2. The van der Waals surface area contributed by atoms with Crippen molar-refractivity contribution < 1.29 is 4.79 Å². The fourth-order valence-electron chi connectivity index (χ4n) is 3.71. The standard InChI is InChI=1S/C22H25N5O2/c28-21-19-9-5-4-8-18(19)20(24-25-21)22(29)23-10-11-26-12-14-27(15-13-26)16-17-6-2-1-3-7-17/h1-9H,10-16H2,(H,23,29)(H,25,28). The quantitative estimate of drug-likeness (QED) is 0.665. The zero-order chi connectivity index (χ0) is 20.1. The van der Waals surface area contributed by atoms with Crippen LogP contribution in [0.2, 0.25) is 0 Å². The second kappa shape index (κ2) is 8.98. The fourth-order valence-corrected chi connectivity index (χ4v) is 3.71. The Morgan fingerprint density at radius 3 is 2.34 bits per heavy atom. The van der Waals surface area contributed by atoms with Crippen molar-refractivity contribution in [3.63, 3.8) is 0 Å². The Labute approximate surface area is 169 Å². The summed E-state index contributed by atoms with van der Waals surface area (Å²) in [4.78, 5) is 29.2. The van der Waals surface area contributed by atoms with Crippen molar-refractivity contribution in [3.8, 4) is 0 Å². The van der Waals surface area contributed by atoms with Gasteiger partial charge in [0.25, 0.3) is 11.5 Å². The lowest BCUT2D eigenvalue weighted by atomic mass is 10.1. The normalized spacial score (nSPS) is 15.4. The van der Waals surface area contributed by atoms with Gasteiger partial charge in [-0.25, -0.2) is 5.10 Å². The first-order valence-electron chi connectivity index (χ1n) is 9.95. The molecule has 0 radical (unpaired) electrons. The predicted molar refractivity (Wildman–Crippen MR) is 113 cm³/mol. The Hall–Kier alpha value is -3.03.